The maximum Gasteiger partial charge on any atom is 0.160 e. The molecule has 0 aliphatic heterocycles. The van der Waals surface area contributed by atoms with E-state index in [0.717, 1.165) is 36.1 Å². The second-order valence-corrected chi connectivity index (χ2v) is 8.85. The van der Waals surface area contributed by atoms with Crippen LogP contribution < -0.4 is 5.32 Å². The van der Waals surface area contributed by atoms with Gasteiger partial charge in [-0.05, 0) is 75.7 Å². The van der Waals surface area contributed by atoms with Gasteiger partial charge in [0.05, 0.1) is 6.20 Å². The molecule has 0 spiro atoms. The molecule has 2 aromatic heterocycles. The molecule has 2 heterocycles. The zero-order chi connectivity index (χ0) is 24.0. The van der Waals surface area contributed by atoms with E-state index in [1.807, 2.05) is 18.5 Å². The van der Waals surface area contributed by atoms with Crippen LogP contribution in [0.4, 0.5) is 10.2 Å². The minimum atomic E-state index is -0.630. The first kappa shape index (κ1) is 24.4. The molecule has 0 radical (unpaired) electrons. The maximum atomic E-state index is 13.7. The van der Waals surface area contributed by atoms with Crippen molar-refractivity contribution in [1.82, 2.24) is 20.2 Å². The molecule has 0 aromatic carbocycles. The summed E-state index contributed by atoms with van der Waals surface area (Å²) >= 11 is 0. The van der Waals surface area contributed by atoms with Crippen LogP contribution in [0.5, 0.6) is 0 Å². The lowest BCUT2D eigenvalue weighted by molar-refractivity contribution is 0.484. The molecule has 174 valence electrons. The van der Waals surface area contributed by atoms with Crippen LogP contribution in [0.15, 0.2) is 65.8 Å². The van der Waals surface area contributed by atoms with Crippen LogP contribution in [0, 0.1) is 5.92 Å². The Balaban J connectivity index is 1.83. The highest BCUT2D eigenvalue weighted by atomic mass is 19.1. The van der Waals surface area contributed by atoms with Gasteiger partial charge in [0.25, 0.3) is 0 Å². The number of nitrogens with one attached hydrogen (secondary N) is 2. The molecule has 0 saturated heterocycles. The van der Waals surface area contributed by atoms with Crippen molar-refractivity contribution in [2.75, 3.05) is 5.32 Å². The summed E-state index contributed by atoms with van der Waals surface area (Å²) < 4.78 is 13.7. The van der Waals surface area contributed by atoms with Crippen molar-refractivity contribution in [3.05, 3.63) is 82.8 Å². The monoisotopic (exact) mass is 447 g/mol. The predicted octanol–water partition coefficient (Wildman–Crippen LogP) is 7.18. The summed E-state index contributed by atoms with van der Waals surface area (Å²) in [4.78, 5) is 8.99. The number of rotatable bonds is 7. The maximum absolute atomic E-state index is 13.7. The van der Waals surface area contributed by atoms with Crippen molar-refractivity contribution in [3.8, 4) is 0 Å². The third kappa shape index (κ3) is 6.15. The minimum absolute atomic E-state index is 0.390. The van der Waals surface area contributed by atoms with Gasteiger partial charge in [0, 0.05) is 34.8 Å². The standard InChI is InChI=1S/C27H34FN5/c1-17(2)21(6)19(4)12-20(5)26-29-14-22(13-28)27(33-26)32-24-8-7-9-25(18(3)10-11-24)23-15-30-31-16-23/h8-9,12,14-16,18H,5,7,10-11,13H2,1-4,6H3,(H,30,31)(H,29,32,33)/b19-12-,24-8-,25-9+. The van der Waals surface area contributed by atoms with Crippen LogP contribution >= 0.6 is 0 Å². The van der Waals surface area contributed by atoms with Crippen LogP contribution in [0.2, 0.25) is 0 Å². The molecule has 2 aromatic rings. The normalized spacial score (nSPS) is 20.1. The molecule has 3 rings (SSSR count). The second-order valence-electron chi connectivity index (χ2n) is 8.85. The van der Waals surface area contributed by atoms with E-state index in [4.69, 9.17) is 0 Å². The van der Waals surface area contributed by atoms with E-state index < -0.39 is 6.67 Å². The van der Waals surface area contributed by atoms with Crippen molar-refractivity contribution in [1.29, 1.82) is 0 Å². The molecule has 1 unspecified atom stereocenters. The zero-order valence-corrected chi connectivity index (χ0v) is 20.3. The number of anilines is 1. The molecule has 0 saturated carbocycles. The van der Waals surface area contributed by atoms with Gasteiger partial charge in [-0.2, -0.15) is 5.10 Å². The van der Waals surface area contributed by atoms with Gasteiger partial charge >= 0.3 is 0 Å². The van der Waals surface area contributed by atoms with Gasteiger partial charge < -0.3 is 5.32 Å². The highest BCUT2D eigenvalue weighted by Crippen LogP contribution is 2.31. The Morgan fingerprint density at radius 2 is 2.03 bits per heavy atom. The van der Waals surface area contributed by atoms with E-state index in [-0.39, 0.29) is 0 Å². The van der Waals surface area contributed by atoms with Crippen LogP contribution in [0.1, 0.15) is 70.8 Å². The van der Waals surface area contributed by atoms with E-state index in [1.54, 1.807) is 6.20 Å². The van der Waals surface area contributed by atoms with Gasteiger partial charge in [0.2, 0.25) is 0 Å². The number of allylic oxidation sites excluding steroid dienone is 9. The molecule has 1 atom stereocenters. The van der Waals surface area contributed by atoms with E-state index in [1.165, 1.54) is 16.7 Å². The topological polar surface area (TPSA) is 66.5 Å². The van der Waals surface area contributed by atoms with Gasteiger partial charge in [-0.1, -0.05) is 31.2 Å². The molecule has 1 aliphatic carbocycles. The van der Waals surface area contributed by atoms with Gasteiger partial charge in [-0.25, -0.2) is 14.4 Å². The summed E-state index contributed by atoms with van der Waals surface area (Å²) in [6.45, 7) is 14.0. The average Bonchev–Trinajstić information content (AvgIpc) is 3.32. The summed E-state index contributed by atoms with van der Waals surface area (Å²) in [7, 11) is 0. The Hall–Kier alpha value is -3.28. The highest BCUT2D eigenvalue weighted by molar-refractivity contribution is 5.70. The smallest absolute Gasteiger partial charge is 0.160 e. The lowest BCUT2D eigenvalue weighted by Gasteiger charge is -2.20. The van der Waals surface area contributed by atoms with Crippen LogP contribution in [-0.2, 0) is 6.67 Å². The van der Waals surface area contributed by atoms with E-state index in [2.05, 4.69) is 78.8 Å². The quantitative estimate of drug-likeness (QED) is 0.441. The summed E-state index contributed by atoms with van der Waals surface area (Å²) in [6, 6.07) is 0. The van der Waals surface area contributed by atoms with Crippen molar-refractivity contribution in [2.24, 2.45) is 5.92 Å². The molecule has 0 bridgehead atoms. The number of hydrogen-bond acceptors (Lipinski definition) is 4. The molecule has 1 aliphatic rings. The lowest BCUT2D eigenvalue weighted by atomic mass is 9.89. The SMILES string of the molecule is C=C(/C=C(/C)C(C)=C(C)C)c1ncc(CF)c(N/C2=C\C/C=C(/c3cn[nH]c3)C(C)CC2)n1. The Morgan fingerprint density at radius 3 is 2.70 bits per heavy atom. The molecule has 0 amide bonds. The summed E-state index contributed by atoms with van der Waals surface area (Å²) in [6.07, 6.45) is 14.3. The van der Waals surface area contributed by atoms with Crippen molar-refractivity contribution < 1.29 is 4.39 Å². The fourth-order valence-corrected chi connectivity index (χ4v) is 3.83. The highest BCUT2D eigenvalue weighted by Gasteiger charge is 2.16. The number of nitrogens with zero attached hydrogens (tertiary/aromatic N) is 3. The summed E-state index contributed by atoms with van der Waals surface area (Å²) in [5, 5.41) is 10.3. The van der Waals surface area contributed by atoms with Gasteiger partial charge in [0.15, 0.2) is 5.82 Å². The van der Waals surface area contributed by atoms with Crippen molar-refractivity contribution in [3.63, 3.8) is 0 Å². The van der Waals surface area contributed by atoms with Gasteiger partial charge in [0.1, 0.15) is 12.5 Å². The Bertz CT molecular complexity index is 1120. The number of alkyl halides is 1. The first-order valence-electron chi connectivity index (χ1n) is 11.4. The summed E-state index contributed by atoms with van der Waals surface area (Å²) in [5.74, 6) is 1.39. The second kappa shape index (κ2) is 11.0. The van der Waals surface area contributed by atoms with E-state index >= 15 is 0 Å². The minimum Gasteiger partial charge on any atom is -0.344 e. The third-order valence-corrected chi connectivity index (χ3v) is 6.22. The number of aromatic nitrogens is 4. The van der Waals surface area contributed by atoms with Crippen molar-refractivity contribution >= 4 is 17.0 Å². The fraction of sp³-hybridized carbons (Fsp3) is 0.370. The average molecular weight is 448 g/mol. The van der Waals surface area contributed by atoms with Gasteiger partial charge in [-0.15, -0.1) is 0 Å². The summed E-state index contributed by atoms with van der Waals surface area (Å²) in [5.41, 5.74) is 8.21. The Labute approximate surface area is 196 Å². The molecule has 5 nitrogen and oxygen atoms in total. The predicted molar refractivity (Wildman–Crippen MR) is 135 cm³/mol. The van der Waals surface area contributed by atoms with Crippen LogP contribution in [0.3, 0.4) is 0 Å². The zero-order valence-electron chi connectivity index (χ0n) is 20.3. The number of hydrogen-bond donors (Lipinski definition) is 2. The lowest BCUT2D eigenvalue weighted by Crippen LogP contribution is -2.10. The number of aromatic amines is 1. The van der Waals surface area contributed by atoms with E-state index in [0.29, 0.717) is 28.7 Å². The molecule has 6 heteroatoms. The molecule has 0 fully saturated rings. The molecular weight excluding hydrogens is 413 g/mol. The Morgan fingerprint density at radius 1 is 1.24 bits per heavy atom. The first-order chi connectivity index (χ1) is 15.8. The first-order valence-corrected chi connectivity index (χ1v) is 11.4. The Kier molecular flexibility index (Phi) is 8.15. The van der Waals surface area contributed by atoms with Crippen molar-refractivity contribution in [2.45, 2.75) is 60.6 Å². The van der Waals surface area contributed by atoms with E-state index in [9.17, 15) is 4.39 Å². The molecule has 33 heavy (non-hydrogen) atoms. The fourth-order valence-electron chi connectivity index (χ4n) is 3.83. The van der Waals surface area contributed by atoms with Crippen LogP contribution in [0.25, 0.3) is 11.1 Å². The van der Waals surface area contributed by atoms with Gasteiger partial charge in [-0.3, -0.25) is 5.10 Å². The number of H-pyrrole nitrogens is 1. The van der Waals surface area contributed by atoms with Crippen LogP contribution in [-0.4, -0.2) is 20.2 Å². The molecule has 2 N–H and O–H groups in total. The third-order valence-electron chi connectivity index (χ3n) is 6.22. The largest absolute Gasteiger partial charge is 0.344 e. The number of halogens is 1. The molecular formula is C27H34FN5.